The number of hydrogen-bond acceptors (Lipinski definition) is 2. The average molecular weight is 309 g/mol. The van der Waals surface area contributed by atoms with Crippen molar-refractivity contribution in [2.75, 3.05) is 0 Å². The fraction of sp³-hybridized carbons (Fsp3) is 0.222. The van der Waals surface area contributed by atoms with Gasteiger partial charge in [-0.3, -0.25) is 0 Å². The van der Waals surface area contributed by atoms with Crippen molar-refractivity contribution in [2.24, 2.45) is 5.73 Å². The Kier molecular flexibility index (Phi) is 3.71. The zero-order chi connectivity index (χ0) is 15.9. The molecule has 1 heterocycles. The quantitative estimate of drug-likeness (QED) is 0.746. The Morgan fingerprint density at radius 3 is 2.36 bits per heavy atom. The van der Waals surface area contributed by atoms with E-state index in [0.717, 1.165) is 22.4 Å². The Hall–Kier alpha value is -2.20. The maximum absolute atomic E-state index is 5.80. The second kappa shape index (κ2) is 5.54. The molecule has 3 nitrogen and oxygen atoms in total. The van der Waals surface area contributed by atoms with Gasteiger partial charge in [0.25, 0.3) is 0 Å². The molecule has 0 aliphatic carbocycles. The molecule has 4 heteroatoms. The summed E-state index contributed by atoms with van der Waals surface area (Å²) in [5, 5.41) is 0. The molecule has 0 atom stereocenters. The molecule has 0 saturated carbocycles. The van der Waals surface area contributed by atoms with Crippen LogP contribution < -0.4 is 5.73 Å². The summed E-state index contributed by atoms with van der Waals surface area (Å²) in [6.45, 7) is 6.79. The van der Waals surface area contributed by atoms with Crippen LogP contribution in [-0.4, -0.2) is 14.5 Å². The standard InChI is InChI=1S/C18H19N3S/c1-11-4-6-14(7-5-11)18-20-15-8-12(2)13(3)9-16(15)21(18)10-17(19)22/h4-9H,10H2,1-3H3,(H2,19,22). The number of thiocarbonyl (C=S) groups is 1. The first-order valence-corrected chi connectivity index (χ1v) is 7.69. The van der Waals surface area contributed by atoms with E-state index in [1.807, 2.05) is 0 Å². The molecule has 2 aromatic carbocycles. The van der Waals surface area contributed by atoms with Crippen LogP contribution >= 0.6 is 12.2 Å². The van der Waals surface area contributed by atoms with E-state index in [-0.39, 0.29) is 0 Å². The normalized spacial score (nSPS) is 11.0. The Morgan fingerprint density at radius 2 is 1.73 bits per heavy atom. The lowest BCUT2D eigenvalue weighted by Crippen LogP contribution is -2.17. The van der Waals surface area contributed by atoms with Gasteiger partial charge in [-0.2, -0.15) is 0 Å². The van der Waals surface area contributed by atoms with Crippen molar-refractivity contribution in [3.63, 3.8) is 0 Å². The Labute approximate surface area is 135 Å². The minimum absolute atomic E-state index is 0.464. The van der Waals surface area contributed by atoms with Crippen LogP contribution in [0.3, 0.4) is 0 Å². The predicted molar refractivity (Wildman–Crippen MR) is 96.2 cm³/mol. The molecular formula is C18H19N3S. The molecule has 0 saturated heterocycles. The van der Waals surface area contributed by atoms with Crippen LogP contribution in [0.4, 0.5) is 0 Å². The van der Waals surface area contributed by atoms with Gasteiger partial charge in [0.1, 0.15) is 5.82 Å². The molecule has 0 fully saturated rings. The average Bonchev–Trinajstić information content (AvgIpc) is 2.78. The minimum atomic E-state index is 0.464. The van der Waals surface area contributed by atoms with Crippen LogP contribution in [0.15, 0.2) is 36.4 Å². The Bertz CT molecular complexity index is 860. The number of nitrogens with two attached hydrogens (primary N) is 1. The number of imidazole rings is 1. The first-order valence-electron chi connectivity index (χ1n) is 7.28. The third kappa shape index (κ3) is 2.62. The van der Waals surface area contributed by atoms with Gasteiger partial charge in [-0.1, -0.05) is 42.0 Å². The fourth-order valence-electron chi connectivity index (χ4n) is 2.62. The smallest absolute Gasteiger partial charge is 0.141 e. The predicted octanol–water partition coefficient (Wildman–Crippen LogP) is 3.91. The van der Waals surface area contributed by atoms with Gasteiger partial charge in [-0.05, 0) is 44.0 Å². The highest BCUT2D eigenvalue weighted by Gasteiger charge is 2.14. The molecule has 0 amide bonds. The highest BCUT2D eigenvalue weighted by atomic mass is 32.1. The van der Waals surface area contributed by atoms with E-state index in [4.69, 9.17) is 22.9 Å². The Morgan fingerprint density at radius 1 is 1.09 bits per heavy atom. The van der Waals surface area contributed by atoms with Crippen LogP contribution in [0, 0.1) is 20.8 Å². The van der Waals surface area contributed by atoms with Gasteiger partial charge in [0, 0.05) is 5.56 Å². The number of aryl methyl sites for hydroxylation is 3. The number of rotatable bonds is 3. The molecule has 2 N–H and O–H groups in total. The number of fused-ring (bicyclic) bond motifs is 1. The van der Waals surface area contributed by atoms with Crippen molar-refractivity contribution in [1.82, 2.24) is 9.55 Å². The van der Waals surface area contributed by atoms with Gasteiger partial charge < -0.3 is 10.3 Å². The van der Waals surface area contributed by atoms with Crippen LogP contribution in [0.2, 0.25) is 0 Å². The van der Waals surface area contributed by atoms with Crippen LogP contribution in [0.25, 0.3) is 22.4 Å². The van der Waals surface area contributed by atoms with E-state index in [1.165, 1.54) is 16.7 Å². The maximum atomic E-state index is 5.80. The Balaban J connectivity index is 2.28. The van der Waals surface area contributed by atoms with Crippen molar-refractivity contribution in [1.29, 1.82) is 0 Å². The molecule has 3 aromatic rings. The first-order chi connectivity index (χ1) is 10.5. The lowest BCUT2D eigenvalue weighted by molar-refractivity contribution is 0.895. The summed E-state index contributed by atoms with van der Waals surface area (Å²) in [4.78, 5) is 5.28. The largest absolute Gasteiger partial charge is 0.392 e. The highest BCUT2D eigenvalue weighted by Crippen LogP contribution is 2.27. The van der Waals surface area contributed by atoms with Gasteiger partial charge in [-0.25, -0.2) is 4.98 Å². The molecule has 0 unspecified atom stereocenters. The van der Waals surface area contributed by atoms with Gasteiger partial charge in [0.2, 0.25) is 0 Å². The summed E-state index contributed by atoms with van der Waals surface area (Å²) < 4.78 is 2.11. The van der Waals surface area contributed by atoms with Crippen molar-refractivity contribution in [3.8, 4) is 11.4 Å². The topological polar surface area (TPSA) is 43.8 Å². The zero-order valence-electron chi connectivity index (χ0n) is 13.1. The summed E-state index contributed by atoms with van der Waals surface area (Å²) in [5.74, 6) is 0.910. The third-order valence-corrected chi connectivity index (χ3v) is 4.12. The lowest BCUT2D eigenvalue weighted by Gasteiger charge is -2.09. The molecule has 0 bridgehead atoms. The van der Waals surface area contributed by atoms with Gasteiger partial charge in [-0.15, -0.1) is 0 Å². The number of nitrogens with zero attached hydrogens (tertiary/aromatic N) is 2. The first kappa shape index (κ1) is 14.7. The molecule has 0 spiro atoms. The molecule has 0 aliphatic heterocycles. The van der Waals surface area contributed by atoms with Crippen LogP contribution in [-0.2, 0) is 6.54 Å². The van der Waals surface area contributed by atoms with Crippen molar-refractivity contribution in [3.05, 3.63) is 53.1 Å². The number of hydrogen-bond donors (Lipinski definition) is 1. The summed E-state index contributed by atoms with van der Waals surface area (Å²) in [6, 6.07) is 12.7. The molecule has 112 valence electrons. The van der Waals surface area contributed by atoms with E-state index in [0.29, 0.717) is 11.5 Å². The highest BCUT2D eigenvalue weighted by molar-refractivity contribution is 7.80. The molecule has 0 aliphatic rings. The van der Waals surface area contributed by atoms with Crippen molar-refractivity contribution in [2.45, 2.75) is 27.3 Å². The summed E-state index contributed by atoms with van der Waals surface area (Å²) in [5.41, 5.74) is 12.6. The molecular weight excluding hydrogens is 290 g/mol. The zero-order valence-corrected chi connectivity index (χ0v) is 13.9. The van der Waals surface area contributed by atoms with Gasteiger partial charge in [0.15, 0.2) is 0 Å². The summed E-state index contributed by atoms with van der Waals surface area (Å²) in [6.07, 6.45) is 0. The molecule has 0 radical (unpaired) electrons. The van der Waals surface area contributed by atoms with Crippen LogP contribution in [0.1, 0.15) is 16.7 Å². The van der Waals surface area contributed by atoms with E-state index in [9.17, 15) is 0 Å². The minimum Gasteiger partial charge on any atom is -0.392 e. The number of benzene rings is 2. The van der Waals surface area contributed by atoms with Gasteiger partial charge in [0.05, 0.1) is 22.6 Å². The molecule has 3 rings (SSSR count). The summed E-state index contributed by atoms with van der Waals surface area (Å²) in [7, 11) is 0. The van der Waals surface area contributed by atoms with E-state index in [2.05, 4.69) is 61.7 Å². The van der Waals surface area contributed by atoms with Crippen molar-refractivity contribution >= 4 is 28.2 Å². The maximum Gasteiger partial charge on any atom is 0.141 e. The molecule has 22 heavy (non-hydrogen) atoms. The van der Waals surface area contributed by atoms with E-state index >= 15 is 0 Å². The summed E-state index contributed by atoms with van der Waals surface area (Å²) >= 11 is 5.12. The second-order valence-corrected chi connectivity index (χ2v) is 6.30. The van der Waals surface area contributed by atoms with Crippen LogP contribution in [0.5, 0.6) is 0 Å². The lowest BCUT2D eigenvalue weighted by atomic mass is 10.1. The SMILES string of the molecule is Cc1ccc(-c2nc3cc(C)c(C)cc3n2CC(N)=S)cc1. The monoisotopic (exact) mass is 309 g/mol. The molecule has 1 aromatic heterocycles. The van der Waals surface area contributed by atoms with Crippen molar-refractivity contribution < 1.29 is 0 Å². The number of aromatic nitrogens is 2. The third-order valence-electron chi connectivity index (χ3n) is 3.99. The van der Waals surface area contributed by atoms with E-state index in [1.54, 1.807) is 0 Å². The van der Waals surface area contributed by atoms with Gasteiger partial charge >= 0.3 is 0 Å². The fourth-order valence-corrected chi connectivity index (χ4v) is 2.75. The second-order valence-electron chi connectivity index (χ2n) is 5.78. The van der Waals surface area contributed by atoms with E-state index < -0.39 is 0 Å².